The molecule has 0 unspecified atom stereocenters. The molecule has 2 aliphatic rings. The average molecular weight is 306 g/mol. The van der Waals surface area contributed by atoms with Crippen LogP contribution in [-0.4, -0.2) is 38.2 Å². The molecule has 2 fully saturated rings. The maximum absolute atomic E-state index is 12.3. The third kappa shape index (κ3) is 3.03. The van der Waals surface area contributed by atoms with Crippen molar-refractivity contribution in [1.82, 2.24) is 5.32 Å². The molecule has 22 heavy (non-hydrogen) atoms. The first-order valence-corrected chi connectivity index (χ1v) is 7.72. The van der Waals surface area contributed by atoms with E-state index < -0.39 is 5.79 Å². The highest BCUT2D eigenvalue weighted by molar-refractivity contribution is 5.91. The molecule has 6 heteroatoms. The van der Waals surface area contributed by atoms with Crippen LogP contribution < -0.4 is 15.4 Å². The summed E-state index contributed by atoms with van der Waals surface area (Å²) in [6, 6.07) is 6.92. The lowest BCUT2D eigenvalue weighted by atomic mass is 9.89. The summed E-state index contributed by atoms with van der Waals surface area (Å²) in [5, 5.41) is 5.82. The number of methoxy groups -OCH3 is 1. The first kappa shape index (κ1) is 15.1. The molecule has 3 rings (SSSR count). The molecule has 1 spiro atoms. The minimum Gasteiger partial charge on any atom is -0.495 e. The van der Waals surface area contributed by atoms with Crippen molar-refractivity contribution in [3.63, 3.8) is 0 Å². The molecule has 1 aromatic carbocycles. The molecule has 1 saturated heterocycles. The molecule has 1 aliphatic heterocycles. The average Bonchev–Trinajstić information content (AvgIpc) is 2.99. The van der Waals surface area contributed by atoms with Crippen molar-refractivity contribution in [3.05, 3.63) is 24.3 Å². The van der Waals surface area contributed by atoms with Crippen LogP contribution in [0, 0.1) is 0 Å². The quantitative estimate of drug-likeness (QED) is 0.900. The standard InChI is InChI=1S/C16H22N2O4/c1-20-13-7-3-2-6-12(13)17-15(19)18-14-8-4-5-9-16(14)21-10-11-22-16/h2-3,6-7,14H,4-5,8-11H2,1H3,(H2,17,18,19)/t14-/m0/s1. The molecular weight excluding hydrogens is 284 g/mol. The maximum Gasteiger partial charge on any atom is 0.319 e. The van der Waals surface area contributed by atoms with Crippen molar-refractivity contribution in [2.24, 2.45) is 0 Å². The van der Waals surface area contributed by atoms with Gasteiger partial charge < -0.3 is 24.8 Å². The van der Waals surface area contributed by atoms with E-state index in [-0.39, 0.29) is 12.1 Å². The summed E-state index contributed by atoms with van der Waals surface area (Å²) in [7, 11) is 1.58. The van der Waals surface area contributed by atoms with Gasteiger partial charge in [0.2, 0.25) is 0 Å². The molecule has 1 heterocycles. The molecule has 0 bridgehead atoms. The van der Waals surface area contributed by atoms with E-state index in [1.54, 1.807) is 19.2 Å². The second-order valence-corrected chi connectivity index (χ2v) is 5.61. The van der Waals surface area contributed by atoms with Crippen molar-refractivity contribution in [2.45, 2.75) is 37.5 Å². The van der Waals surface area contributed by atoms with Crippen LogP contribution in [0.2, 0.25) is 0 Å². The van der Waals surface area contributed by atoms with Crippen LogP contribution in [-0.2, 0) is 9.47 Å². The zero-order chi connectivity index (χ0) is 15.4. The molecule has 2 amide bonds. The smallest absolute Gasteiger partial charge is 0.319 e. The van der Waals surface area contributed by atoms with Crippen molar-refractivity contribution < 1.29 is 19.0 Å². The van der Waals surface area contributed by atoms with Gasteiger partial charge in [0.1, 0.15) is 5.75 Å². The molecule has 120 valence electrons. The Morgan fingerprint density at radius 3 is 2.82 bits per heavy atom. The highest BCUT2D eigenvalue weighted by Crippen LogP contribution is 2.36. The molecule has 1 aliphatic carbocycles. The molecule has 1 aromatic rings. The third-order valence-corrected chi connectivity index (χ3v) is 4.24. The van der Waals surface area contributed by atoms with Gasteiger partial charge in [-0.1, -0.05) is 18.6 Å². The molecule has 2 N–H and O–H groups in total. The van der Waals surface area contributed by atoms with Crippen molar-refractivity contribution in [3.8, 4) is 5.75 Å². The fourth-order valence-electron chi connectivity index (χ4n) is 3.18. The van der Waals surface area contributed by atoms with Gasteiger partial charge in [0.25, 0.3) is 0 Å². The number of urea groups is 1. The van der Waals surface area contributed by atoms with E-state index in [2.05, 4.69) is 10.6 Å². The number of para-hydroxylation sites is 2. The third-order valence-electron chi connectivity index (χ3n) is 4.24. The summed E-state index contributed by atoms with van der Waals surface area (Å²) in [6.45, 7) is 1.18. The number of hydrogen-bond donors (Lipinski definition) is 2. The SMILES string of the molecule is COc1ccccc1NC(=O)N[C@H]1CCCCC12OCCO2. The number of rotatable bonds is 3. The Morgan fingerprint density at radius 2 is 2.05 bits per heavy atom. The van der Waals surface area contributed by atoms with Gasteiger partial charge in [-0.15, -0.1) is 0 Å². The van der Waals surface area contributed by atoms with E-state index in [1.165, 1.54) is 0 Å². The number of carbonyl (C=O) groups excluding carboxylic acids is 1. The van der Waals surface area contributed by atoms with Gasteiger partial charge in [-0.3, -0.25) is 0 Å². The zero-order valence-corrected chi connectivity index (χ0v) is 12.8. The Balaban J connectivity index is 1.65. The van der Waals surface area contributed by atoms with Crippen molar-refractivity contribution in [1.29, 1.82) is 0 Å². The number of nitrogens with one attached hydrogen (secondary N) is 2. The first-order valence-electron chi connectivity index (χ1n) is 7.72. The second-order valence-electron chi connectivity index (χ2n) is 5.61. The summed E-state index contributed by atoms with van der Waals surface area (Å²) in [4.78, 5) is 12.3. The predicted octanol–water partition coefficient (Wildman–Crippen LogP) is 2.50. The fourth-order valence-corrected chi connectivity index (χ4v) is 3.18. The van der Waals surface area contributed by atoms with E-state index in [9.17, 15) is 4.79 Å². The Bertz CT molecular complexity index is 529. The zero-order valence-electron chi connectivity index (χ0n) is 12.8. The first-order chi connectivity index (χ1) is 10.7. The van der Waals surface area contributed by atoms with Crippen LogP contribution in [0.3, 0.4) is 0 Å². The number of benzene rings is 1. The number of hydrogen-bond acceptors (Lipinski definition) is 4. The van der Waals surface area contributed by atoms with Crippen molar-refractivity contribution in [2.75, 3.05) is 25.6 Å². The number of amides is 2. The summed E-state index contributed by atoms with van der Waals surface area (Å²) in [6.07, 6.45) is 3.81. The Labute approximate surface area is 130 Å². The molecule has 1 atom stereocenters. The van der Waals surface area contributed by atoms with Crippen LogP contribution in [0.1, 0.15) is 25.7 Å². The monoisotopic (exact) mass is 306 g/mol. The van der Waals surface area contributed by atoms with Gasteiger partial charge in [0.05, 0.1) is 32.1 Å². The van der Waals surface area contributed by atoms with Gasteiger partial charge in [-0.05, 0) is 25.0 Å². The van der Waals surface area contributed by atoms with Crippen LogP contribution in [0.15, 0.2) is 24.3 Å². The summed E-state index contributed by atoms with van der Waals surface area (Å²) in [5.41, 5.74) is 0.639. The summed E-state index contributed by atoms with van der Waals surface area (Å²) < 4.78 is 16.8. The van der Waals surface area contributed by atoms with Gasteiger partial charge in [0, 0.05) is 6.42 Å². The normalized spacial score (nSPS) is 23.2. The predicted molar refractivity (Wildman–Crippen MR) is 82.0 cm³/mol. The van der Waals surface area contributed by atoms with Crippen LogP contribution >= 0.6 is 0 Å². The minimum atomic E-state index is -0.642. The molecule has 0 radical (unpaired) electrons. The Morgan fingerprint density at radius 1 is 1.27 bits per heavy atom. The van der Waals surface area contributed by atoms with Gasteiger partial charge in [0.15, 0.2) is 5.79 Å². The van der Waals surface area contributed by atoms with Crippen LogP contribution in [0.5, 0.6) is 5.75 Å². The van der Waals surface area contributed by atoms with Gasteiger partial charge in [-0.25, -0.2) is 4.79 Å². The van der Waals surface area contributed by atoms with E-state index in [0.29, 0.717) is 24.7 Å². The van der Waals surface area contributed by atoms with E-state index in [0.717, 1.165) is 25.7 Å². The molecule has 6 nitrogen and oxygen atoms in total. The van der Waals surface area contributed by atoms with Crippen LogP contribution in [0.25, 0.3) is 0 Å². The minimum absolute atomic E-state index is 0.126. The lowest BCUT2D eigenvalue weighted by Gasteiger charge is -2.39. The fraction of sp³-hybridized carbons (Fsp3) is 0.562. The lowest BCUT2D eigenvalue weighted by Crippen LogP contribution is -2.56. The number of ether oxygens (including phenoxy) is 3. The summed E-state index contributed by atoms with van der Waals surface area (Å²) >= 11 is 0. The van der Waals surface area contributed by atoms with Crippen molar-refractivity contribution >= 4 is 11.7 Å². The summed E-state index contributed by atoms with van der Waals surface area (Å²) in [5.74, 6) is -0.0134. The molecular formula is C16H22N2O4. The maximum atomic E-state index is 12.3. The lowest BCUT2D eigenvalue weighted by molar-refractivity contribution is -0.192. The van der Waals surface area contributed by atoms with Gasteiger partial charge in [-0.2, -0.15) is 0 Å². The highest BCUT2D eigenvalue weighted by Gasteiger charge is 2.46. The number of anilines is 1. The van der Waals surface area contributed by atoms with Crippen LogP contribution in [0.4, 0.5) is 10.5 Å². The Hall–Kier alpha value is -1.79. The second kappa shape index (κ2) is 6.54. The largest absolute Gasteiger partial charge is 0.495 e. The molecule has 0 aromatic heterocycles. The highest BCUT2D eigenvalue weighted by atomic mass is 16.7. The van der Waals surface area contributed by atoms with E-state index >= 15 is 0 Å². The van der Waals surface area contributed by atoms with Gasteiger partial charge >= 0.3 is 6.03 Å². The van der Waals surface area contributed by atoms with E-state index in [1.807, 2.05) is 12.1 Å². The number of carbonyl (C=O) groups is 1. The Kier molecular flexibility index (Phi) is 4.49. The van der Waals surface area contributed by atoms with E-state index in [4.69, 9.17) is 14.2 Å². The molecule has 1 saturated carbocycles. The topological polar surface area (TPSA) is 68.8 Å².